The van der Waals surface area contributed by atoms with Crippen molar-refractivity contribution in [2.45, 2.75) is 30.8 Å². The molecule has 3 aromatic rings. The van der Waals surface area contributed by atoms with Gasteiger partial charge in [-0.25, -0.2) is 0 Å². The molecule has 0 aromatic heterocycles. The van der Waals surface area contributed by atoms with E-state index in [9.17, 15) is 25.2 Å². The molecule has 194 valence electrons. The molecule has 2 heterocycles. The van der Waals surface area contributed by atoms with Crippen LogP contribution in [0.1, 0.15) is 35.1 Å². The summed E-state index contributed by atoms with van der Waals surface area (Å²) >= 11 is 0. The highest BCUT2D eigenvalue weighted by molar-refractivity contribution is 5.67. The zero-order chi connectivity index (χ0) is 26.4. The third-order valence-corrected chi connectivity index (χ3v) is 6.34. The Morgan fingerprint density at radius 3 is 2.30 bits per heavy atom. The van der Waals surface area contributed by atoms with Crippen molar-refractivity contribution in [1.82, 2.24) is 0 Å². The number of carbonyl (C=O) groups is 1. The van der Waals surface area contributed by atoms with Crippen LogP contribution < -0.4 is 23.7 Å². The molecule has 0 bridgehead atoms. The predicted molar refractivity (Wildman–Crippen MR) is 126 cm³/mol. The molecule has 0 saturated carbocycles. The van der Waals surface area contributed by atoms with Gasteiger partial charge in [-0.05, 0) is 17.7 Å². The van der Waals surface area contributed by atoms with Crippen molar-refractivity contribution < 1.29 is 54.0 Å². The lowest BCUT2D eigenvalue weighted by Crippen LogP contribution is -2.35. The number of ether oxygens (including phenoxy) is 5. The number of aliphatic hydroxyl groups is 1. The summed E-state index contributed by atoms with van der Waals surface area (Å²) in [5, 5.41) is 52.4. The van der Waals surface area contributed by atoms with Crippen LogP contribution in [0.4, 0.5) is 0 Å². The highest BCUT2D eigenvalue weighted by atomic mass is 16.7. The third kappa shape index (κ3) is 4.23. The SMILES string of the molecule is COc1cc(O)c(C2c3c(O)cc(O)cc3OC(c3ccc4c(c3)OC(CC(=O)O)O4)C2O)c(OC)c1. The van der Waals surface area contributed by atoms with Crippen molar-refractivity contribution in [1.29, 1.82) is 0 Å². The van der Waals surface area contributed by atoms with E-state index in [2.05, 4.69) is 0 Å². The smallest absolute Gasteiger partial charge is 0.310 e. The molecular formula is C26H24O11. The Hall–Kier alpha value is -4.51. The van der Waals surface area contributed by atoms with E-state index < -0.39 is 30.4 Å². The van der Waals surface area contributed by atoms with E-state index in [4.69, 9.17) is 28.8 Å². The molecule has 11 heteroatoms. The number of carboxylic acids is 1. The minimum absolute atomic E-state index is 0.0801. The Kier molecular flexibility index (Phi) is 6.00. The molecule has 5 N–H and O–H groups in total. The predicted octanol–water partition coefficient (Wildman–Crippen LogP) is 3.02. The maximum Gasteiger partial charge on any atom is 0.310 e. The van der Waals surface area contributed by atoms with Gasteiger partial charge in [-0.15, -0.1) is 0 Å². The molecule has 0 radical (unpaired) electrons. The summed E-state index contributed by atoms with van der Waals surface area (Å²) in [7, 11) is 2.82. The molecular weight excluding hydrogens is 488 g/mol. The van der Waals surface area contributed by atoms with E-state index in [1.807, 2.05) is 0 Å². The molecule has 3 aromatic carbocycles. The van der Waals surface area contributed by atoms with Gasteiger partial charge in [0, 0.05) is 35.4 Å². The fourth-order valence-electron chi connectivity index (χ4n) is 4.75. The van der Waals surface area contributed by atoms with Crippen LogP contribution in [0.2, 0.25) is 0 Å². The van der Waals surface area contributed by atoms with Gasteiger partial charge < -0.3 is 49.2 Å². The van der Waals surface area contributed by atoms with Gasteiger partial charge in [-0.2, -0.15) is 0 Å². The van der Waals surface area contributed by atoms with Gasteiger partial charge in [0.2, 0.25) is 0 Å². The van der Waals surface area contributed by atoms with Crippen molar-refractivity contribution in [2.75, 3.05) is 14.2 Å². The van der Waals surface area contributed by atoms with E-state index in [1.165, 1.54) is 32.4 Å². The Morgan fingerprint density at radius 2 is 1.59 bits per heavy atom. The molecule has 5 rings (SSSR count). The molecule has 4 atom stereocenters. The summed E-state index contributed by atoms with van der Waals surface area (Å²) in [6.45, 7) is 0. The number of carboxylic acid groups (broad SMARTS) is 1. The van der Waals surface area contributed by atoms with Crippen LogP contribution in [-0.4, -0.2) is 58.1 Å². The van der Waals surface area contributed by atoms with E-state index >= 15 is 0 Å². The number of phenols is 3. The summed E-state index contributed by atoms with van der Waals surface area (Å²) in [5.74, 6) is -1.81. The Balaban J connectivity index is 1.61. The Labute approximate surface area is 210 Å². The number of fused-ring (bicyclic) bond motifs is 2. The minimum atomic E-state index is -1.37. The first-order chi connectivity index (χ1) is 17.7. The highest BCUT2D eigenvalue weighted by Crippen LogP contribution is 2.55. The van der Waals surface area contributed by atoms with Crippen LogP contribution in [0.25, 0.3) is 0 Å². The molecule has 0 amide bonds. The maximum atomic E-state index is 11.6. The summed E-state index contributed by atoms with van der Waals surface area (Å²) in [6.07, 6.45) is -3.79. The van der Waals surface area contributed by atoms with Crippen molar-refractivity contribution in [3.05, 3.63) is 59.2 Å². The van der Waals surface area contributed by atoms with Crippen LogP contribution >= 0.6 is 0 Å². The molecule has 11 nitrogen and oxygen atoms in total. The van der Waals surface area contributed by atoms with Crippen LogP contribution in [0.15, 0.2) is 42.5 Å². The van der Waals surface area contributed by atoms with Gasteiger partial charge >= 0.3 is 5.97 Å². The average molecular weight is 512 g/mol. The lowest BCUT2D eigenvalue weighted by atomic mass is 9.79. The first-order valence-corrected chi connectivity index (χ1v) is 11.2. The topological polar surface area (TPSA) is 164 Å². The van der Waals surface area contributed by atoms with Gasteiger partial charge in [0.05, 0.1) is 20.1 Å². The number of methoxy groups -OCH3 is 2. The number of aromatic hydroxyl groups is 3. The van der Waals surface area contributed by atoms with Crippen LogP contribution in [-0.2, 0) is 4.79 Å². The number of hydrogen-bond acceptors (Lipinski definition) is 10. The van der Waals surface area contributed by atoms with E-state index in [0.29, 0.717) is 17.1 Å². The van der Waals surface area contributed by atoms with Crippen molar-refractivity contribution in [3.8, 4) is 46.0 Å². The van der Waals surface area contributed by atoms with E-state index in [-0.39, 0.29) is 52.0 Å². The molecule has 0 fully saturated rings. The van der Waals surface area contributed by atoms with E-state index in [0.717, 1.165) is 6.07 Å². The molecule has 2 aliphatic heterocycles. The number of aliphatic hydroxyl groups excluding tert-OH is 1. The normalized spacial score (nSPS) is 21.6. The van der Waals surface area contributed by atoms with Gasteiger partial charge in [-0.1, -0.05) is 6.07 Å². The third-order valence-electron chi connectivity index (χ3n) is 6.34. The second kappa shape index (κ2) is 9.17. The van der Waals surface area contributed by atoms with Crippen LogP contribution in [0, 0.1) is 0 Å². The minimum Gasteiger partial charge on any atom is -0.508 e. The average Bonchev–Trinajstić information content (AvgIpc) is 3.24. The van der Waals surface area contributed by atoms with Crippen molar-refractivity contribution in [2.24, 2.45) is 0 Å². The number of rotatable bonds is 6. The standard InChI is InChI=1S/C26H24O11/c1-33-13-8-15(29)22(18(9-13)34-2)24-23-14(28)6-12(27)7-19(23)37-26(25(24)32)11-3-4-16-17(5-11)36-21(35-16)10-20(30)31/h3-9,21,24-29,32H,10H2,1-2H3,(H,30,31). The number of phenolic OH excluding ortho intramolecular Hbond substituents is 3. The van der Waals surface area contributed by atoms with Gasteiger partial charge in [-0.3, -0.25) is 4.79 Å². The zero-order valence-corrected chi connectivity index (χ0v) is 19.7. The summed E-state index contributed by atoms with van der Waals surface area (Å²) in [4.78, 5) is 11.0. The largest absolute Gasteiger partial charge is 0.508 e. The lowest BCUT2D eigenvalue weighted by molar-refractivity contribution is -0.141. The summed E-state index contributed by atoms with van der Waals surface area (Å²) in [6, 6.07) is 10.0. The Bertz CT molecular complexity index is 1370. The van der Waals surface area contributed by atoms with Crippen LogP contribution in [0.5, 0.6) is 46.0 Å². The highest BCUT2D eigenvalue weighted by Gasteiger charge is 2.44. The lowest BCUT2D eigenvalue weighted by Gasteiger charge is -2.38. The molecule has 0 spiro atoms. The fraction of sp³-hybridized carbons (Fsp3) is 0.269. The first kappa shape index (κ1) is 24.2. The Morgan fingerprint density at radius 1 is 0.865 bits per heavy atom. The quantitative estimate of drug-likeness (QED) is 0.330. The second-order valence-corrected chi connectivity index (χ2v) is 8.62. The van der Waals surface area contributed by atoms with Gasteiger partial charge in [0.15, 0.2) is 17.6 Å². The summed E-state index contributed by atoms with van der Waals surface area (Å²) < 4.78 is 27.8. The molecule has 0 saturated heterocycles. The number of aliphatic carboxylic acids is 1. The van der Waals surface area contributed by atoms with Crippen molar-refractivity contribution >= 4 is 5.97 Å². The van der Waals surface area contributed by atoms with Crippen molar-refractivity contribution in [3.63, 3.8) is 0 Å². The molecule has 4 unspecified atom stereocenters. The first-order valence-electron chi connectivity index (χ1n) is 11.2. The second-order valence-electron chi connectivity index (χ2n) is 8.62. The molecule has 2 aliphatic rings. The summed E-state index contributed by atoms with van der Waals surface area (Å²) in [5.41, 5.74) is 0.757. The van der Waals surface area contributed by atoms with Gasteiger partial charge in [0.1, 0.15) is 47.0 Å². The molecule has 37 heavy (non-hydrogen) atoms. The molecule has 0 aliphatic carbocycles. The number of hydrogen-bond donors (Lipinski definition) is 5. The monoisotopic (exact) mass is 512 g/mol. The zero-order valence-electron chi connectivity index (χ0n) is 19.7. The number of benzene rings is 3. The van der Waals surface area contributed by atoms with Crippen LogP contribution in [0.3, 0.4) is 0 Å². The maximum absolute atomic E-state index is 11.6. The van der Waals surface area contributed by atoms with Gasteiger partial charge in [0.25, 0.3) is 6.29 Å². The fourth-order valence-corrected chi connectivity index (χ4v) is 4.75. The van der Waals surface area contributed by atoms with E-state index in [1.54, 1.807) is 18.2 Å².